The van der Waals surface area contributed by atoms with Gasteiger partial charge in [0.25, 0.3) is 0 Å². The number of hydrogen-bond donors (Lipinski definition) is 1. The van der Waals surface area contributed by atoms with E-state index in [4.69, 9.17) is 16.3 Å². The van der Waals surface area contributed by atoms with Crippen LogP contribution < -0.4 is 9.64 Å². The van der Waals surface area contributed by atoms with Crippen molar-refractivity contribution in [3.05, 3.63) is 17.2 Å². The van der Waals surface area contributed by atoms with E-state index in [1.54, 1.807) is 0 Å². The van der Waals surface area contributed by atoms with Crippen molar-refractivity contribution in [1.29, 1.82) is 0 Å². The molecule has 7 nitrogen and oxygen atoms in total. The Kier molecular flexibility index (Phi) is 5.43. The third-order valence-electron chi connectivity index (χ3n) is 6.80. The zero-order chi connectivity index (χ0) is 21.6. The standard InChI is InChI=1S/C22H29ClFN5O2/c1-21(30)5-4-10-29(12-21)19-15-11-25-18(23)16(24)17(15)26-20(27-19)31-14-22(6-7-22)13-28-8-2-3-9-28/h11,30H,2-10,12-14H2,1H3/t21-/m1/s1. The number of aliphatic hydroxyl groups is 1. The second-order valence-electron chi connectivity index (χ2n) is 9.75. The molecule has 1 saturated carbocycles. The van der Waals surface area contributed by atoms with Crippen LogP contribution in [-0.2, 0) is 0 Å². The van der Waals surface area contributed by atoms with Crippen molar-refractivity contribution in [3.8, 4) is 6.01 Å². The van der Waals surface area contributed by atoms with Crippen LogP contribution in [0.25, 0.3) is 10.9 Å². The molecule has 9 heteroatoms. The summed E-state index contributed by atoms with van der Waals surface area (Å²) in [6, 6.07) is 0.154. The van der Waals surface area contributed by atoms with Gasteiger partial charge in [-0.3, -0.25) is 0 Å². The van der Waals surface area contributed by atoms with Gasteiger partial charge in [0.15, 0.2) is 11.0 Å². The van der Waals surface area contributed by atoms with Crippen LogP contribution in [0.15, 0.2) is 6.20 Å². The van der Waals surface area contributed by atoms with Crippen molar-refractivity contribution in [3.63, 3.8) is 0 Å². The second-order valence-corrected chi connectivity index (χ2v) is 10.1. The third-order valence-corrected chi connectivity index (χ3v) is 7.06. The lowest BCUT2D eigenvalue weighted by molar-refractivity contribution is 0.0447. The zero-order valence-electron chi connectivity index (χ0n) is 17.9. The minimum atomic E-state index is -0.831. The fourth-order valence-electron chi connectivity index (χ4n) is 4.86. The summed E-state index contributed by atoms with van der Waals surface area (Å²) < 4.78 is 20.9. The lowest BCUT2D eigenvalue weighted by Gasteiger charge is -2.37. The maximum atomic E-state index is 14.8. The minimum absolute atomic E-state index is 0.106. The van der Waals surface area contributed by atoms with Gasteiger partial charge in [0, 0.05) is 31.2 Å². The molecule has 1 N–H and O–H groups in total. The largest absolute Gasteiger partial charge is 0.463 e. The van der Waals surface area contributed by atoms with Crippen molar-refractivity contribution in [2.24, 2.45) is 5.41 Å². The summed E-state index contributed by atoms with van der Waals surface area (Å²) in [7, 11) is 0. The average Bonchev–Trinajstić information content (AvgIpc) is 3.31. The van der Waals surface area contributed by atoms with Gasteiger partial charge in [-0.15, -0.1) is 0 Å². The summed E-state index contributed by atoms with van der Waals surface area (Å²) in [6.07, 6.45) is 7.82. The molecule has 0 unspecified atom stereocenters. The molecule has 0 radical (unpaired) electrons. The Morgan fingerprint density at radius 1 is 1.16 bits per heavy atom. The number of aromatic nitrogens is 3. The van der Waals surface area contributed by atoms with Crippen LogP contribution in [0.2, 0.25) is 5.15 Å². The third kappa shape index (κ3) is 4.43. The molecule has 3 fully saturated rings. The molecule has 2 aliphatic heterocycles. The predicted octanol–water partition coefficient (Wildman–Crippen LogP) is 3.42. The molecule has 31 heavy (non-hydrogen) atoms. The number of nitrogens with zero attached hydrogens (tertiary/aromatic N) is 5. The van der Waals surface area contributed by atoms with Crippen LogP contribution in [0.5, 0.6) is 6.01 Å². The summed E-state index contributed by atoms with van der Waals surface area (Å²) in [5.41, 5.74) is -0.580. The van der Waals surface area contributed by atoms with Crippen LogP contribution in [0.4, 0.5) is 10.2 Å². The Hall–Kier alpha value is -1.77. The second kappa shape index (κ2) is 7.98. The van der Waals surface area contributed by atoms with E-state index in [9.17, 15) is 9.50 Å². The van der Waals surface area contributed by atoms with Crippen molar-refractivity contribution < 1.29 is 14.2 Å². The zero-order valence-corrected chi connectivity index (χ0v) is 18.7. The monoisotopic (exact) mass is 449 g/mol. The van der Waals surface area contributed by atoms with E-state index in [0.717, 1.165) is 38.9 Å². The van der Waals surface area contributed by atoms with Gasteiger partial charge in [-0.1, -0.05) is 11.6 Å². The van der Waals surface area contributed by atoms with E-state index in [1.165, 1.54) is 19.0 Å². The number of halogens is 2. The number of likely N-dealkylation sites (tertiary alicyclic amines) is 1. The van der Waals surface area contributed by atoms with E-state index in [2.05, 4.69) is 19.9 Å². The van der Waals surface area contributed by atoms with E-state index in [1.807, 2.05) is 11.8 Å². The Bertz CT molecular complexity index is 978. The molecule has 3 aliphatic rings. The van der Waals surface area contributed by atoms with E-state index in [0.29, 0.717) is 37.3 Å². The molecule has 5 rings (SSSR count). The minimum Gasteiger partial charge on any atom is -0.463 e. The molecule has 2 aromatic rings. The number of rotatable bonds is 6. The highest BCUT2D eigenvalue weighted by atomic mass is 35.5. The maximum Gasteiger partial charge on any atom is 0.319 e. The molecule has 1 aliphatic carbocycles. The summed E-state index contributed by atoms with van der Waals surface area (Å²) in [5, 5.41) is 10.8. The maximum absolute atomic E-state index is 14.8. The number of ether oxygens (including phenoxy) is 1. The van der Waals surface area contributed by atoms with Gasteiger partial charge in [0.2, 0.25) is 0 Å². The van der Waals surface area contributed by atoms with Crippen molar-refractivity contribution in [1.82, 2.24) is 19.9 Å². The lowest BCUT2D eigenvalue weighted by atomic mass is 9.95. The molecule has 168 valence electrons. The smallest absolute Gasteiger partial charge is 0.319 e. The molecular weight excluding hydrogens is 421 g/mol. The van der Waals surface area contributed by atoms with Crippen LogP contribution >= 0.6 is 11.6 Å². The lowest BCUT2D eigenvalue weighted by Crippen LogP contribution is -2.46. The first-order valence-electron chi connectivity index (χ1n) is 11.2. The van der Waals surface area contributed by atoms with Crippen molar-refractivity contribution in [2.75, 3.05) is 44.2 Å². The quantitative estimate of drug-likeness (QED) is 0.677. The predicted molar refractivity (Wildman–Crippen MR) is 117 cm³/mol. The number of hydrogen-bond acceptors (Lipinski definition) is 7. The first-order chi connectivity index (χ1) is 14.8. The number of pyridine rings is 1. The summed E-state index contributed by atoms with van der Waals surface area (Å²) >= 11 is 5.93. The van der Waals surface area contributed by atoms with E-state index >= 15 is 0 Å². The molecule has 0 amide bonds. The summed E-state index contributed by atoms with van der Waals surface area (Å²) in [4.78, 5) is 17.4. The van der Waals surface area contributed by atoms with Crippen LogP contribution in [-0.4, -0.2) is 69.9 Å². The average molecular weight is 450 g/mol. The van der Waals surface area contributed by atoms with E-state index < -0.39 is 11.4 Å². The molecular formula is C22H29ClFN5O2. The summed E-state index contributed by atoms with van der Waals surface area (Å²) in [6.45, 7) is 6.80. The van der Waals surface area contributed by atoms with Gasteiger partial charge in [-0.25, -0.2) is 9.37 Å². The van der Waals surface area contributed by atoms with Crippen molar-refractivity contribution in [2.45, 2.75) is 51.0 Å². The molecule has 2 aromatic heterocycles. The van der Waals surface area contributed by atoms with Gasteiger partial charge in [-0.05, 0) is 58.5 Å². The fourth-order valence-corrected chi connectivity index (χ4v) is 5.00. The van der Waals surface area contributed by atoms with Gasteiger partial charge in [-0.2, -0.15) is 9.97 Å². The van der Waals surface area contributed by atoms with E-state index in [-0.39, 0.29) is 22.1 Å². The molecule has 1 atom stereocenters. The Morgan fingerprint density at radius 2 is 1.94 bits per heavy atom. The van der Waals surface area contributed by atoms with Gasteiger partial charge >= 0.3 is 6.01 Å². The van der Waals surface area contributed by atoms with Gasteiger partial charge in [0.05, 0.1) is 17.6 Å². The molecule has 0 bridgehead atoms. The van der Waals surface area contributed by atoms with Crippen LogP contribution in [0.3, 0.4) is 0 Å². The first kappa shape index (κ1) is 21.1. The fraction of sp³-hybridized carbons (Fsp3) is 0.682. The Morgan fingerprint density at radius 3 is 2.65 bits per heavy atom. The SMILES string of the molecule is C[C@@]1(O)CCCN(c2nc(OCC3(CN4CCCC4)CC3)nc3c(F)c(Cl)ncc23)C1. The highest BCUT2D eigenvalue weighted by Crippen LogP contribution is 2.47. The van der Waals surface area contributed by atoms with Crippen LogP contribution in [0.1, 0.15) is 45.4 Å². The van der Waals surface area contributed by atoms with Crippen molar-refractivity contribution >= 4 is 28.3 Å². The number of anilines is 1. The first-order valence-corrected chi connectivity index (χ1v) is 11.6. The topological polar surface area (TPSA) is 74.6 Å². The molecule has 4 heterocycles. The Balaban J connectivity index is 1.43. The summed E-state index contributed by atoms with van der Waals surface area (Å²) in [5.74, 6) is -0.137. The highest BCUT2D eigenvalue weighted by Gasteiger charge is 2.45. The number of β-amino-alcohol motifs (C(OH)–C–C–N with tert-alkyl or cyclic N) is 1. The van der Waals surface area contributed by atoms with Gasteiger partial charge in [0.1, 0.15) is 11.3 Å². The molecule has 0 aromatic carbocycles. The number of piperidine rings is 1. The van der Waals surface area contributed by atoms with Crippen LogP contribution in [0, 0.1) is 11.2 Å². The molecule has 2 saturated heterocycles. The number of fused-ring (bicyclic) bond motifs is 1. The normalized spacial score (nSPS) is 25.9. The highest BCUT2D eigenvalue weighted by molar-refractivity contribution is 6.30. The Labute approximate surface area is 186 Å². The molecule has 0 spiro atoms. The van der Waals surface area contributed by atoms with Gasteiger partial charge < -0.3 is 19.6 Å².